The number of rotatable bonds is 23. The van der Waals surface area contributed by atoms with Crippen LogP contribution < -0.4 is 27.1 Å². The fourth-order valence-corrected chi connectivity index (χ4v) is 10.4. The SMILES string of the molecule is O=C1OCC(CCP(=O)(Oc2ccccc2)Oc2cc(/C=C/c3ccc(OP(=O)(OCC4COC(=O)O4)Oc4ccccc4)cc3)cc(OP(=O)(OCC3COC(=O)O3)Oc3ccccc3)c2)O1. The Morgan fingerprint density at radius 1 is 0.441 bits per heavy atom. The predicted molar refractivity (Wildman–Crippen MR) is 238 cm³/mol. The van der Waals surface area contributed by atoms with Gasteiger partial charge in [-0.25, -0.2) is 28.1 Å². The fraction of sp³-hybridized carbons (Fsp3) is 0.222. The van der Waals surface area contributed by atoms with Crippen molar-refractivity contribution in [3.8, 4) is 34.5 Å². The summed E-state index contributed by atoms with van der Waals surface area (Å²) in [4.78, 5) is 34.7. The van der Waals surface area contributed by atoms with Crippen LogP contribution in [0.2, 0.25) is 0 Å². The Morgan fingerprint density at radius 3 is 1.28 bits per heavy atom. The summed E-state index contributed by atoms with van der Waals surface area (Å²) in [7, 11) is -13.1. The molecule has 68 heavy (non-hydrogen) atoms. The monoisotopic (exact) mass is 994 g/mol. The van der Waals surface area contributed by atoms with Gasteiger partial charge < -0.3 is 55.6 Å². The maximum Gasteiger partial charge on any atom is 0.587 e. The van der Waals surface area contributed by atoms with Crippen molar-refractivity contribution in [1.29, 1.82) is 0 Å². The van der Waals surface area contributed by atoms with Gasteiger partial charge in [-0.15, -0.1) is 0 Å². The first-order chi connectivity index (χ1) is 32.8. The minimum Gasteiger partial charge on any atom is -0.430 e. The van der Waals surface area contributed by atoms with Crippen molar-refractivity contribution in [3.63, 3.8) is 0 Å². The van der Waals surface area contributed by atoms with Gasteiger partial charge in [0.15, 0.2) is 12.2 Å². The summed E-state index contributed by atoms with van der Waals surface area (Å²) >= 11 is 0. The molecule has 20 nitrogen and oxygen atoms in total. The Morgan fingerprint density at radius 2 is 0.824 bits per heavy atom. The molecule has 0 aliphatic carbocycles. The number of phosphoric acid groups is 2. The van der Waals surface area contributed by atoms with E-state index in [1.54, 1.807) is 103 Å². The quantitative estimate of drug-likeness (QED) is 0.0256. The van der Waals surface area contributed by atoms with Gasteiger partial charge in [-0.2, -0.15) is 0 Å². The van der Waals surface area contributed by atoms with E-state index < -0.39 is 66.6 Å². The Kier molecular flexibility index (Phi) is 15.2. The van der Waals surface area contributed by atoms with Crippen LogP contribution in [0.1, 0.15) is 17.5 Å². The van der Waals surface area contributed by atoms with E-state index in [1.807, 2.05) is 0 Å². The van der Waals surface area contributed by atoms with Crippen molar-refractivity contribution in [2.24, 2.45) is 0 Å². The van der Waals surface area contributed by atoms with E-state index in [2.05, 4.69) is 0 Å². The van der Waals surface area contributed by atoms with E-state index in [9.17, 15) is 28.1 Å². The summed E-state index contributed by atoms with van der Waals surface area (Å²) < 4.78 is 119. The van der Waals surface area contributed by atoms with Gasteiger partial charge in [-0.05, 0) is 71.8 Å². The van der Waals surface area contributed by atoms with Crippen LogP contribution in [0.5, 0.6) is 34.5 Å². The van der Waals surface area contributed by atoms with Crippen LogP contribution in [0, 0.1) is 0 Å². The minimum absolute atomic E-state index is 0.0484. The van der Waals surface area contributed by atoms with Gasteiger partial charge in [-0.3, -0.25) is 9.05 Å². The lowest BCUT2D eigenvalue weighted by molar-refractivity contribution is 0.0879. The van der Waals surface area contributed by atoms with Crippen LogP contribution in [-0.2, 0) is 51.2 Å². The molecule has 3 saturated heterocycles. The van der Waals surface area contributed by atoms with Crippen LogP contribution >= 0.6 is 23.2 Å². The number of phosphoric ester groups is 2. The standard InChI is InChI=1S/C45H41O20P3/c46-43-52-27-38(57-43)22-23-66(49,60-34-10-4-1-5-11-34)61-39-24-33(25-40(26-39)65-68(51,63-36-14-8-3-9-15-36)56-31-42-29-54-45(48)59-42)17-16-32-18-20-37(21-19-32)64-67(50,62-35-12-6-2-7-13-35)55-30-41-28-53-44(47)58-41/h1-21,24-26,38,41-42H,22-23,27-31H2/b17-16+. The van der Waals surface area contributed by atoms with Gasteiger partial charge in [-0.1, -0.05) is 78.9 Å². The van der Waals surface area contributed by atoms with Crippen molar-refractivity contribution < 1.29 is 92.7 Å². The molecule has 3 aliphatic heterocycles. The van der Waals surface area contributed by atoms with Gasteiger partial charge in [0.2, 0.25) is 0 Å². The molecule has 23 heteroatoms. The van der Waals surface area contributed by atoms with Gasteiger partial charge in [0, 0.05) is 12.5 Å². The van der Waals surface area contributed by atoms with Gasteiger partial charge in [0.05, 0.1) is 6.16 Å². The van der Waals surface area contributed by atoms with E-state index in [0.29, 0.717) is 11.1 Å². The summed E-state index contributed by atoms with van der Waals surface area (Å²) in [6.07, 6.45) is -1.99. The Labute approximate surface area is 388 Å². The molecule has 6 unspecified atom stereocenters. The molecule has 0 bridgehead atoms. The summed E-state index contributed by atoms with van der Waals surface area (Å²) in [5.74, 6) is 0.448. The van der Waals surface area contributed by atoms with Crippen molar-refractivity contribution in [3.05, 3.63) is 145 Å². The number of para-hydroxylation sites is 3. The average molecular weight is 995 g/mol. The molecule has 0 amide bonds. The Balaban J connectivity index is 1.06. The summed E-state index contributed by atoms with van der Waals surface area (Å²) in [5, 5.41) is 0. The number of carbonyl (C=O) groups excluding carboxylic acids is 3. The first kappa shape index (κ1) is 47.5. The first-order valence-corrected chi connectivity index (χ1v) is 25.3. The number of hydrogen-bond donors (Lipinski definition) is 0. The zero-order valence-electron chi connectivity index (χ0n) is 35.5. The molecule has 3 heterocycles. The lowest BCUT2D eigenvalue weighted by atomic mass is 10.1. The third-order valence-electron chi connectivity index (χ3n) is 9.35. The second-order valence-corrected chi connectivity index (χ2v) is 19.7. The molecule has 0 aromatic heterocycles. The molecule has 3 fully saturated rings. The van der Waals surface area contributed by atoms with E-state index >= 15 is 0 Å². The molecule has 0 spiro atoms. The predicted octanol–water partition coefficient (Wildman–Crippen LogP) is 10.7. The van der Waals surface area contributed by atoms with Gasteiger partial charge >= 0.3 is 41.7 Å². The normalized spacial score (nSPS) is 20.2. The second-order valence-electron chi connectivity index (χ2n) is 14.6. The van der Waals surface area contributed by atoms with Gasteiger partial charge in [0.25, 0.3) is 0 Å². The molecular formula is C45H41O20P3. The maximum atomic E-state index is 14.6. The average Bonchev–Trinajstić information content (AvgIpc) is 4.08. The maximum absolute atomic E-state index is 14.6. The van der Waals surface area contributed by atoms with Crippen LogP contribution in [0.4, 0.5) is 14.4 Å². The van der Waals surface area contributed by atoms with Crippen molar-refractivity contribution in [2.75, 3.05) is 39.2 Å². The highest BCUT2D eigenvalue weighted by Crippen LogP contribution is 2.54. The highest BCUT2D eigenvalue weighted by Gasteiger charge is 2.38. The van der Waals surface area contributed by atoms with Crippen LogP contribution in [-0.4, -0.2) is 76.0 Å². The van der Waals surface area contributed by atoms with E-state index in [1.165, 1.54) is 42.5 Å². The molecule has 8 rings (SSSR count). The van der Waals surface area contributed by atoms with E-state index in [0.717, 1.165) is 0 Å². The van der Waals surface area contributed by atoms with Crippen molar-refractivity contribution in [2.45, 2.75) is 24.7 Å². The molecule has 0 saturated carbocycles. The van der Waals surface area contributed by atoms with Gasteiger partial charge in [0.1, 0.15) is 73.6 Å². The third-order valence-corrected chi connectivity index (χ3v) is 13.8. The fourth-order valence-electron chi connectivity index (χ4n) is 6.21. The molecular weight excluding hydrogens is 953 g/mol. The lowest BCUT2D eigenvalue weighted by Gasteiger charge is -2.23. The summed E-state index contributed by atoms with van der Waals surface area (Å²) in [6, 6.07) is 35.2. The van der Waals surface area contributed by atoms with Crippen LogP contribution in [0.25, 0.3) is 12.2 Å². The zero-order valence-corrected chi connectivity index (χ0v) is 38.2. The largest absolute Gasteiger partial charge is 0.587 e. The topological polar surface area (TPSA) is 232 Å². The highest BCUT2D eigenvalue weighted by molar-refractivity contribution is 7.54. The first-order valence-electron chi connectivity index (χ1n) is 20.7. The number of hydrogen-bond acceptors (Lipinski definition) is 20. The van der Waals surface area contributed by atoms with Crippen molar-refractivity contribution in [1.82, 2.24) is 0 Å². The molecule has 5 aromatic rings. The summed E-state index contributed by atoms with van der Waals surface area (Å²) in [6.45, 7) is -1.09. The van der Waals surface area contributed by atoms with E-state index in [-0.39, 0.29) is 73.5 Å². The van der Waals surface area contributed by atoms with Crippen molar-refractivity contribution >= 4 is 53.9 Å². The number of cyclic esters (lactones) is 6. The molecule has 0 N–H and O–H groups in total. The number of ether oxygens (including phenoxy) is 6. The molecule has 356 valence electrons. The third kappa shape index (κ3) is 14.0. The number of benzene rings is 5. The highest BCUT2D eigenvalue weighted by atomic mass is 31.2. The second kappa shape index (κ2) is 21.8. The van der Waals surface area contributed by atoms with Crippen LogP contribution in [0.3, 0.4) is 0 Å². The lowest BCUT2D eigenvalue weighted by Crippen LogP contribution is -2.19. The molecule has 6 atom stereocenters. The zero-order chi connectivity index (χ0) is 47.4. The molecule has 3 aliphatic rings. The summed E-state index contributed by atoms with van der Waals surface area (Å²) in [5.41, 5.74) is 0.958. The molecule has 0 radical (unpaired) electrons. The van der Waals surface area contributed by atoms with Crippen LogP contribution in [0.15, 0.2) is 133 Å². The Bertz CT molecular complexity index is 2590. The minimum atomic E-state index is -4.63. The molecule has 5 aromatic carbocycles. The Hall–Kier alpha value is -6.94. The van der Waals surface area contributed by atoms with E-state index in [4.69, 9.17) is 64.6 Å². The number of carbonyl (C=O) groups is 3. The smallest absolute Gasteiger partial charge is 0.430 e.